The Labute approximate surface area is 157 Å². The molecule has 6 heteroatoms. The van der Waals surface area contributed by atoms with Crippen molar-refractivity contribution in [3.8, 4) is 5.75 Å². The number of carbonyl (C=O) groups excluding carboxylic acids is 2. The number of hydrogen-bond donors (Lipinski definition) is 2. The van der Waals surface area contributed by atoms with Gasteiger partial charge in [0.15, 0.2) is 5.76 Å². The lowest BCUT2D eigenvalue weighted by Crippen LogP contribution is -2.35. The summed E-state index contributed by atoms with van der Waals surface area (Å²) in [4.78, 5) is 24.2. The molecule has 138 valence electrons. The fraction of sp³-hybridized carbons (Fsp3) is 0.143. The van der Waals surface area contributed by atoms with Gasteiger partial charge in [-0.1, -0.05) is 36.4 Å². The Hall–Kier alpha value is -3.54. The number of carbonyl (C=O) groups is 2. The summed E-state index contributed by atoms with van der Waals surface area (Å²) >= 11 is 0. The van der Waals surface area contributed by atoms with E-state index < -0.39 is 0 Å². The summed E-state index contributed by atoms with van der Waals surface area (Å²) in [6.07, 6.45) is 1.44. The first-order chi connectivity index (χ1) is 13.2. The predicted molar refractivity (Wildman–Crippen MR) is 101 cm³/mol. The van der Waals surface area contributed by atoms with E-state index in [1.54, 1.807) is 24.3 Å². The van der Waals surface area contributed by atoms with E-state index in [0.29, 0.717) is 25.3 Å². The van der Waals surface area contributed by atoms with E-state index in [1.165, 1.54) is 6.26 Å². The van der Waals surface area contributed by atoms with E-state index in [-0.39, 0.29) is 17.6 Å². The van der Waals surface area contributed by atoms with Crippen molar-refractivity contribution in [2.75, 3.05) is 13.1 Å². The lowest BCUT2D eigenvalue weighted by molar-refractivity contribution is 0.0910. The Balaban J connectivity index is 1.50. The van der Waals surface area contributed by atoms with E-state index >= 15 is 0 Å². The number of amides is 2. The third-order valence-electron chi connectivity index (χ3n) is 3.84. The standard InChI is InChI=1S/C21H20N2O4/c24-20(22-12-13-23-21(25)19-11-6-14-26-19)18-10-5-4-7-16(18)15-27-17-8-2-1-3-9-17/h1-11,14H,12-13,15H2,(H,22,24)(H,23,25). The Morgan fingerprint density at radius 3 is 2.26 bits per heavy atom. The predicted octanol–water partition coefficient (Wildman–Crippen LogP) is 3.02. The first kappa shape index (κ1) is 18.3. The third-order valence-corrected chi connectivity index (χ3v) is 3.84. The maximum absolute atomic E-state index is 12.5. The van der Waals surface area contributed by atoms with Crippen molar-refractivity contribution in [3.05, 3.63) is 89.9 Å². The summed E-state index contributed by atoms with van der Waals surface area (Å²) in [7, 11) is 0. The van der Waals surface area contributed by atoms with Crippen LogP contribution in [0.25, 0.3) is 0 Å². The third kappa shape index (κ3) is 5.22. The highest BCUT2D eigenvalue weighted by molar-refractivity contribution is 5.95. The van der Waals surface area contributed by atoms with Gasteiger partial charge in [-0.2, -0.15) is 0 Å². The van der Waals surface area contributed by atoms with Gasteiger partial charge in [0.25, 0.3) is 11.8 Å². The van der Waals surface area contributed by atoms with Crippen molar-refractivity contribution in [1.29, 1.82) is 0 Å². The van der Waals surface area contributed by atoms with Gasteiger partial charge in [0.05, 0.1) is 6.26 Å². The zero-order valence-corrected chi connectivity index (χ0v) is 14.7. The van der Waals surface area contributed by atoms with Crippen LogP contribution in [-0.4, -0.2) is 24.9 Å². The lowest BCUT2D eigenvalue weighted by Gasteiger charge is -2.11. The van der Waals surface area contributed by atoms with Crippen molar-refractivity contribution >= 4 is 11.8 Å². The number of ether oxygens (including phenoxy) is 1. The van der Waals surface area contributed by atoms with Gasteiger partial charge in [-0.3, -0.25) is 9.59 Å². The van der Waals surface area contributed by atoms with Crippen LogP contribution in [0.4, 0.5) is 0 Å². The Kier molecular flexibility index (Phi) is 6.25. The minimum absolute atomic E-state index is 0.213. The van der Waals surface area contributed by atoms with Crippen LogP contribution in [-0.2, 0) is 6.61 Å². The largest absolute Gasteiger partial charge is 0.489 e. The normalized spacial score (nSPS) is 10.2. The molecule has 0 saturated carbocycles. The second kappa shape index (κ2) is 9.24. The molecule has 2 aromatic carbocycles. The van der Waals surface area contributed by atoms with E-state index in [1.807, 2.05) is 42.5 Å². The molecule has 0 radical (unpaired) electrons. The second-order valence-corrected chi connectivity index (χ2v) is 5.75. The molecule has 0 bridgehead atoms. The Morgan fingerprint density at radius 2 is 1.52 bits per heavy atom. The van der Waals surface area contributed by atoms with Gasteiger partial charge in [-0.25, -0.2) is 0 Å². The molecule has 2 amide bonds. The topological polar surface area (TPSA) is 80.6 Å². The van der Waals surface area contributed by atoms with Crippen LogP contribution in [0.3, 0.4) is 0 Å². The van der Waals surface area contributed by atoms with Gasteiger partial charge in [0.2, 0.25) is 0 Å². The number of rotatable bonds is 8. The fourth-order valence-electron chi connectivity index (χ4n) is 2.49. The van der Waals surface area contributed by atoms with Crippen molar-refractivity contribution in [2.24, 2.45) is 0 Å². The molecule has 2 N–H and O–H groups in total. The molecule has 27 heavy (non-hydrogen) atoms. The Morgan fingerprint density at radius 1 is 0.815 bits per heavy atom. The van der Waals surface area contributed by atoms with Gasteiger partial charge in [-0.05, 0) is 30.3 Å². The van der Waals surface area contributed by atoms with E-state index in [2.05, 4.69) is 10.6 Å². The fourth-order valence-corrected chi connectivity index (χ4v) is 2.49. The van der Waals surface area contributed by atoms with Crippen LogP contribution in [0.5, 0.6) is 5.75 Å². The molecule has 1 heterocycles. The summed E-state index contributed by atoms with van der Waals surface area (Å²) in [6, 6.07) is 19.9. The van der Waals surface area contributed by atoms with Crippen LogP contribution in [0.15, 0.2) is 77.4 Å². The quantitative estimate of drug-likeness (QED) is 0.602. The minimum Gasteiger partial charge on any atom is -0.489 e. The molecule has 0 aliphatic heterocycles. The number of nitrogens with one attached hydrogen (secondary N) is 2. The molecule has 1 aromatic heterocycles. The molecular weight excluding hydrogens is 344 g/mol. The smallest absolute Gasteiger partial charge is 0.287 e. The van der Waals surface area contributed by atoms with Crippen molar-refractivity contribution in [1.82, 2.24) is 10.6 Å². The van der Waals surface area contributed by atoms with Gasteiger partial charge < -0.3 is 19.8 Å². The van der Waals surface area contributed by atoms with Crippen LogP contribution in [0.1, 0.15) is 26.5 Å². The summed E-state index contributed by atoms with van der Waals surface area (Å²) in [5.74, 6) is 0.457. The molecule has 0 atom stereocenters. The first-order valence-electron chi connectivity index (χ1n) is 8.59. The number of para-hydroxylation sites is 1. The van der Waals surface area contributed by atoms with Gasteiger partial charge >= 0.3 is 0 Å². The average Bonchev–Trinajstić information content (AvgIpc) is 3.25. The minimum atomic E-state index is -0.314. The zero-order chi connectivity index (χ0) is 18.9. The molecule has 0 aliphatic rings. The molecule has 0 unspecified atom stereocenters. The monoisotopic (exact) mass is 364 g/mol. The zero-order valence-electron chi connectivity index (χ0n) is 14.7. The highest BCUT2D eigenvalue weighted by atomic mass is 16.5. The van der Waals surface area contributed by atoms with Gasteiger partial charge in [-0.15, -0.1) is 0 Å². The number of hydrogen-bond acceptors (Lipinski definition) is 4. The van der Waals surface area contributed by atoms with Gasteiger partial charge in [0, 0.05) is 24.2 Å². The molecule has 6 nitrogen and oxygen atoms in total. The number of benzene rings is 2. The maximum atomic E-state index is 12.5. The molecule has 3 rings (SSSR count). The Bertz CT molecular complexity index is 876. The summed E-state index contributed by atoms with van der Waals surface area (Å²) in [6.45, 7) is 0.899. The second-order valence-electron chi connectivity index (χ2n) is 5.75. The molecule has 3 aromatic rings. The average molecular weight is 364 g/mol. The summed E-state index contributed by atoms with van der Waals surface area (Å²) in [5, 5.41) is 5.48. The molecule has 0 spiro atoms. The molecular formula is C21H20N2O4. The van der Waals surface area contributed by atoms with E-state index in [9.17, 15) is 9.59 Å². The first-order valence-corrected chi connectivity index (χ1v) is 8.59. The molecule has 0 fully saturated rings. The van der Waals surface area contributed by atoms with Crippen LogP contribution < -0.4 is 15.4 Å². The summed E-state index contributed by atoms with van der Waals surface area (Å²) in [5.41, 5.74) is 1.34. The van der Waals surface area contributed by atoms with Crippen LogP contribution in [0, 0.1) is 0 Å². The maximum Gasteiger partial charge on any atom is 0.287 e. The van der Waals surface area contributed by atoms with Crippen molar-refractivity contribution < 1.29 is 18.7 Å². The molecule has 0 aliphatic carbocycles. The lowest BCUT2D eigenvalue weighted by atomic mass is 10.1. The van der Waals surface area contributed by atoms with Crippen molar-refractivity contribution in [2.45, 2.75) is 6.61 Å². The summed E-state index contributed by atoms with van der Waals surface area (Å²) < 4.78 is 10.7. The highest BCUT2D eigenvalue weighted by Gasteiger charge is 2.12. The van der Waals surface area contributed by atoms with E-state index in [0.717, 1.165) is 11.3 Å². The van der Waals surface area contributed by atoms with Gasteiger partial charge in [0.1, 0.15) is 12.4 Å². The van der Waals surface area contributed by atoms with E-state index in [4.69, 9.17) is 9.15 Å². The van der Waals surface area contributed by atoms with Crippen molar-refractivity contribution in [3.63, 3.8) is 0 Å². The molecule has 0 saturated heterocycles. The SMILES string of the molecule is O=C(NCCNC(=O)c1ccccc1COc1ccccc1)c1ccco1. The van der Waals surface area contributed by atoms with Crippen LogP contribution in [0.2, 0.25) is 0 Å². The van der Waals surface area contributed by atoms with Crippen LogP contribution >= 0.6 is 0 Å². The number of furan rings is 1. The highest BCUT2D eigenvalue weighted by Crippen LogP contribution is 2.14.